The SMILES string of the molecule is O=C(N[C@@H]1C=C[C@H](CO)C1)c1cc2c(s1)CCOC2. The molecule has 19 heavy (non-hydrogen) atoms. The molecule has 102 valence electrons. The molecular formula is C14H17NO3S. The van der Waals surface area contributed by atoms with Crippen molar-refractivity contribution < 1.29 is 14.6 Å². The largest absolute Gasteiger partial charge is 0.396 e. The van der Waals surface area contributed by atoms with E-state index in [-0.39, 0.29) is 24.5 Å². The van der Waals surface area contributed by atoms with Crippen LogP contribution in [0.3, 0.4) is 0 Å². The molecule has 0 radical (unpaired) electrons. The van der Waals surface area contributed by atoms with Gasteiger partial charge in [0.25, 0.3) is 5.91 Å². The summed E-state index contributed by atoms with van der Waals surface area (Å²) in [4.78, 5) is 14.2. The first-order valence-electron chi connectivity index (χ1n) is 6.55. The van der Waals surface area contributed by atoms with E-state index in [1.54, 1.807) is 11.3 Å². The van der Waals surface area contributed by atoms with Gasteiger partial charge in [-0.2, -0.15) is 0 Å². The first-order valence-corrected chi connectivity index (χ1v) is 7.37. The van der Waals surface area contributed by atoms with Crippen LogP contribution in [0.25, 0.3) is 0 Å². The van der Waals surface area contributed by atoms with E-state index in [2.05, 4.69) is 5.32 Å². The molecule has 0 saturated carbocycles. The van der Waals surface area contributed by atoms with Gasteiger partial charge in [-0.3, -0.25) is 4.79 Å². The van der Waals surface area contributed by atoms with Gasteiger partial charge in [0.1, 0.15) is 0 Å². The van der Waals surface area contributed by atoms with Crippen molar-refractivity contribution in [3.8, 4) is 0 Å². The van der Waals surface area contributed by atoms with E-state index in [1.165, 1.54) is 4.88 Å². The van der Waals surface area contributed by atoms with Crippen molar-refractivity contribution in [1.82, 2.24) is 5.32 Å². The molecule has 3 rings (SSSR count). The molecule has 2 N–H and O–H groups in total. The number of aliphatic hydroxyl groups excluding tert-OH is 1. The molecular weight excluding hydrogens is 262 g/mol. The first-order chi connectivity index (χ1) is 9.26. The zero-order chi connectivity index (χ0) is 13.2. The summed E-state index contributed by atoms with van der Waals surface area (Å²) in [5.41, 5.74) is 1.15. The lowest BCUT2D eigenvalue weighted by molar-refractivity contribution is 0.0944. The molecule has 0 bridgehead atoms. The standard InChI is InChI=1S/C14H17NO3S/c16-7-9-1-2-11(5-9)15-14(17)13-6-10-8-18-4-3-12(10)19-13/h1-2,6,9,11,16H,3-5,7-8H2,(H,15,17)/t9-,11+/m0/s1. The lowest BCUT2D eigenvalue weighted by Gasteiger charge is -2.11. The molecule has 2 atom stereocenters. The van der Waals surface area contributed by atoms with Crippen molar-refractivity contribution in [2.24, 2.45) is 5.92 Å². The number of amides is 1. The summed E-state index contributed by atoms with van der Waals surface area (Å²) in [5.74, 6) is 0.155. The van der Waals surface area contributed by atoms with Crippen molar-refractivity contribution in [3.63, 3.8) is 0 Å². The van der Waals surface area contributed by atoms with Crippen LogP contribution >= 0.6 is 11.3 Å². The lowest BCUT2D eigenvalue weighted by Crippen LogP contribution is -2.32. The topological polar surface area (TPSA) is 58.6 Å². The smallest absolute Gasteiger partial charge is 0.261 e. The second-order valence-corrected chi connectivity index (χ2v) is 6.14. The van der Waals surface area contributed by atoms with Gasteiger partial charge < -0.3 is 15.2 Å². The van der Waals surface area contributed by atoms with E-state index in [0.717, 1.165) is 29.9 Å². The minimum absolute atomic E-state index is 0.0207. The van der Waals surface area contributed by atoms with Crippen LogP contribution in [-0.2, 0) is 17.8 Å². The van der Waals surface area contributed by atoms with Gasteiger partial charge >= 0.3 is 0 Å². The number of hydrogen-bond donors (Lipinski definition) is 2. The Morgan fingerprint density at radius 2 is 2.42 bits per heavy atom. The normalized spacial score (nSPS) is 25.3. The van der Waals surface area contributed by atoms with Crippen LogP contribution in [0.4, 0.5) is 0 Å². The van der Waals surface area contributed by atoms with E-state index in [9.17, 15) is 4.79 Å². The average molecular weight is 279 g/mol. The van der Waals surface area contributed by atoms with Gasteiger partial charge in [-0.15, -0.1) is 11.3 Å². The number of carbonyl (C=O) groups excluding carboxylic acids is 1. The van der Waals surface area contributed by atoms with Gasteiger partial charge in [0.15, 0.2) is 0 Å². The molecule has 0 saturated heterocycles. The number of carbonyl (C=O) groups is 1. The van der Waals surface area contributed by atoms with Crippen LogP contribution in [0.2, 0.25) is 0 Å². The highest BCUT2D eigenvalue weighted by Gasteiger charge is 2.22. The highest BCUT2D eigenvalue weighted by molar-refractivity contribution is 7.14. The maximum atomic E-state index is 12.2. The molecule has 2 heterocycles. The monoisotopic (exact) mass is 279 g/mol. The molecule has 5 heteroatoms. The fourth-order valence-electron chi connectivity index (χ4n) is 2.52. The summed E-state index contributed by atoms with van der Waals surface area (Å²) < 4.78 is 5.39. The van der Waals surface area contributed by atoms with Crippen LogP contribution in [0, 0.1) is 5.92 Å². The first kappa shape index (κ1) is 12.8. The lowest BCUT2D eigenvalue weighted by atomic mass is 10.1. The number of aliphatic hydroxyl groups is 1. The molecule has 0 unspecified atom stereocenters. The Kier molecular flexibility index (Phi) is 3.68. The predicted octanol–water partition coefficient (Wildman–Crippen LogP) is 1.49. The fraction of sp³-hybridized carbons (Fsp3) is 0.500. The molecule has 4 nitrogen and oxygen atoms in total. The predicted molar refractivity (Wildman–Crippen MR) is 73.3 cm³/mol. The molecule has 1 aliphatic carbocycles. The number of hydrogen-bond acceptors (Lipinski definition) is 4. The van der Waals surface area contributed by atoms with Crippen molar-refractivity contribution in [2.45, 2.75) is 25.5 Å². The summed E-state index contributed by atoms with van der Waals surface area (Å²) >= 11 is 1.57. The summed E-state index contributed by atoms with van der Waals surface area (Å²) in [7, 11) is 0. The van der Waals surface area contributed by atoms with Gasteiger partial charge in [0.05, 0.1) is 18.1 Å². The average Bonchev–Trinajstić information content (AvgIpc) is 3.04. The Labute approximate surface area is 116 Å². The second-order valence-electron chi connectivity index (χ2n) is 5.00. The number of fused-ring (bicyclic) bond motifs is 1. The fourth-order valence-corrected chi connectivity index (χ4v) is 3.57. The van der Waals surface area contributed by atoms with Crippen molar-refractivity contribution in [2.75, 3.05) is 13.2 Å². The molecule has 1 aliphatic heterocycles. The molecule has 0 spiro atoms. The highest BCUT2D eigenvalue weighted by Crippen LogP contribution is 2.27. The third-order valence-corrected chi connectivity index (χ3v) is 4.81. The van der Waals surface area contributed by atoms with E-state index < -0.39 is 0 Å². The van der Waals surface area contributed by atoms with Gasteiger partial charge in [-0.25, -0.2) is 0 Å². The number of thiophene rings is 1. The van der Waals surface area contributed by atoms with Crippen molar-refractivity contribution in [3.05, 3.63) is 33.5 Å². The maximum absolute atomic E-state index is 12.2. The zero-order valence-corrected chi connectivity index (χ0v) is 11.4. The number of nitrogens with one attached hydrogen (secondary N) is 1. The van der Waals surface area contributed by atoms with E-state index in [1.807, 2.05) is 18.2 Å². The van der Waals surface area contributed by atoms with Crippen LogP contribution in [-0.4, -0.2) is 30.3 Å². The Bertz CT molecular complexity index is 485. The van der Waals surface area contributed by atoms with Crippen LogP contribution in [0.5, 0.6) is 0 Å². The van der Waals surface area contributed by atoms with E-state index in [4.69, 9.17) is 9.84 Å². The Morgan fingerprint density at radius 1 is 1.53 bits per heavy atom. The molecule has 0 fully saturated rings. The maximum Gasteiger partial charge on any atom is 0.261 e. The van der Waals surface area contributed by atoms with E-state index in [0.29, 0.717) is 6.61 Å². The number of rotatable bonds is 3. The van der Waals surface area contributed by atoms with Crippen LogP contribution < -0.4 is 5.32 Å². The molecule has 1 aromatic heterocycles. The molecule has 1 aromatic rings. The molecule has 0 aromatic carbocycles. The Balaban J connectivity index is 1.64. The van der Waals surface area contributed by atoms with Gasteiger partial charge in [-0.05, 0) is 18.1 Å². The molecule has 2 aliphatic rings. The van der Waals surface area contributed by atoms with Gasteiger partial charge in [-0.1, -0.05) is 12.2 Å². The quantitative estimate of drug-likeness (QED) is 0.824. The Hall–Kier alpha value is -1.17. The summed E-state index contributed by atoms with van der Waals surface area (Å²) in [6, 6.07) is 1.98. The van der Waals surface area contributed by atoms with E-state index >= 15 is 0 Å². The summed E-state index contributed by atoms with van der Waals surface area (Å²) in [6.07, 6.45) is 5.63. The minimum Gasteiger partial charge on any atom is -0.396 e. The van der Waals surface area contributed by atoms with Crippen LogP contribution in [0.15, 0.2) is 18.2 Å². The highest BCUT2D eigenvalue weighted by atomic mass is 32.1. The zero-order valence-electron chi connectivity index (χ0n) is 10.6. The van der Waals surface area contributed by atoms with Gasteiger partial charge in [0, 0.05) is 29.9 Å². The molecule has 1 amide bonds. The van der Waals surface area contributed by atoms with Crippen LogP contribution in [0.1, 0.15) is 26.5 Å². The van der Waals surface area contributed by atoms with Gasteiger partial charge in [0.2, 0.25) is 0 Å². The minimum atomic E-state index is -0.0207. The van der Waals surface area contributed by atoms with Crippen molar-refractivity contribution >= 4 is 17.2 Å². The second kappa shape index (κ2) is 5.45. The summed E-state index contributed by atoms with van der Waals surface area (Å²) in [5, 5.41) is 12.1. The Morgan fingerprint density at radius 3 is 3.16 bits per heavy atom. The third kappa shape index (κ3) is 2.73. The van der Waals surface area contributed by atoms with Crippen molar-refractivity contribution in [1.29, 1.82) is 0 Å². The summed E-state index contributed by atoms with van der Waals surface area (Å²) in [6.45, 7) is 1.51. The third-order valence-electron chi connectivity index (χ3n) is 3.57. The number of ether oxygens (including phenoxy) is 1.